The second-order valence-electron chi connectivity index (χ2n) is 2.22. The van der Waals surface area contributed by atoms with Gasteiger partial charge in [0.15, 0.2) is 0 Å². The number of alkyl halides is 2. The zero-order valence-corrected chi connectivity index (χ0v) is 9.05. The lowest BCUT2D eigenvalue weighted by molar-refractivity contribution is -0.101. The van der Waals surface area contributed by atoms with Crippen LogP contribution < -0.4 is 0 Å². The molecule has 2 unspecified atom stereocenters. The first kappa shape index (κ1) is 12.8. The molecule has 5 atom stereocenters. The molecular weight excluding hydrogens is 300 g/mol. The summed E-state index contributed by atoms with van der Waals surface area (Å²) in [6, 6.07) is 0. The molecule has 0 aliphatic heterocycles. The van der Waals surface area contributed by atoms with Gasteiger partial charge in [0, 0.05) is 0 Å². The molecule has 0 aromatic rings. The molecule has 0 bridgehead atoms. The Hall–Kier alpha value is 0.760. The average molecular weight is 310 g/mol. The molecule has 0 fully saturated rings. The Labute approximate surface area is 85.9 Å². The van der Waals surface area contributed by atoms with Gasteiger partial charge in [-0.05, 0) is 0 Å². The first-order chi connectivity index (χ1) is 5.37. The van der Waals surface area contributed by atoms with Crippen LogP contribution in [0, 0.1) is 0 Å². The molecule has 0 saturated carbocycles. The van der Waals surface area contributed by atoms with Crippen LogP contribution >= 0.6 is 31.9 Å². The van der Waals surface area contributed by atoms with Crippen LogP contribution in [0.2, 0.25) is 0 Å². The maximum Gasteiger partial charge on any atom is 0.137 e. The van der Waals surface area contributed by atoms with E-state index < -0.39 is 28.3 Å². The molecule has 5 nitrogen and oxygen atoms in total. The summed E-state index contributed by atoms with van der Waals surface area (Å²) in [5, 5.41) is 41.7. The summed E-state index contributed by atoms with van der Waals surface area (Å²) in [5.41, 5.74) is 0. The van der Waals surface area contributed by atoms with Crippen molar-refractivity contribution in [1.82, 2.24) is 0 Å². The molecule has 74 valence electrons. The summed E-state index contributed by atoms with van der Waals surface area (Å²) in [7, 11) is 0. The minimum atomic E-state index is -1.63. The lowest BCUT2D eigenvalue weighted by atomic mass is 10.1. The van der Waals surface area contributed by atoms with E-state index in [1.807, 2.05) is 0 Å². The van der Waals surface area contributed by atoms with E-state index in [0.717, 1.165) is 0 Å². The molecule has 7 heteroatoms. The number of hydrogen-bond acceptors (Lipinski definition) is 5. The highest BCUT2D eigenvalue weighted by Crippen LogP contribution is 2.14. The van der Waals surface area contributed by atoms with Crippen molar-refractivity contribution in [2.24, 2.45) is 0 Å². The van der Waals surface area contributed by atoms with E-state index in [1.54, 1.807) is 0 Å². The van der Waals surface area contributed by atoms with Crippen LogP contribution in [0.5, 0.6) is 0 Å². The van der Waals surface area contributed by atoms with E-state index in [2.05, 4.69) is 31.9 Å². The van der Waals surface area contributed by atoms with E-state index in [1.165, 1.54) is 0 Å². The predicted octanol–water partition coefficient (Wildman–Crippen LogP) is -1.50. The number of halogens is 2. The van der Waals surface area contributed by atoms with Gasteiger partial charge in [0.1, 0.15) is 28.3 Å². The van der Waals surface area contributed by atoms with Crippen LogP contribution in [0.25, 0.3) is 0 Å². The minimum Gasteiger partial charge on any atom is -0.387 e. The molecule has 0 aliphatic rings. The molecule has 0 saturated heterocycles. The Balaban J connectivity index is 4.08. The fourth-order valence-electron chi connectivity index (χ4n) is 0.527. The normalized spacial score (nSPS) is 24.2. The highest BCUT2D eigenvalue weighted by Gasteiger charge is 2.32. The van der Waals surface area contributed by atoms with Crippen molar-refractivity contribution >= 4 is 31.9 Å². The molecular formula is C5H10Br2O5. The number of hydrogen-bond donors (Lipinski definition) is 5. The summed E-state index contributed by atoms with van der Waals surface area (Å²) in [5.74, 6) is 0. The average Bonchev–Trinajstić information content (AvgIpc) is 2.00. The van der Waals surface area contributed by atoms with Crippen molar-refractivity contribution in [3.8, 4) is 0 Å². The van der Waals surface area contributed by atoms with Gasteiger partial charge in [-0.1, -0.05) is 31.9 Å². The zero-order chi connectivity index (χ0) is 9.89. The van der Waals surface area contributed by atoms with E-state index in [4.69, 9.17) is 25.5 Å². The van der Waals surface area contributed by atoms with E-state index in [-0.39, 0.29) is 0 Å². The molecule has 0 heterocycles. The zero-order valence-electron chi connectivity index (χ0n) is 5.88. The summed E-state index contributed by atoms with van der Waals surface area (Å²) < 4.78 is 0. The highest BCUT2D eigenvalue weighted by molar-refractivity contribution is 9.09. The third-order valence-electron chi connectivity index (χ3n) is 1.26. The minimum absolute atomic E-state index is 1.35. The Morgan fingerprint density at radius 1 is 0.583 bits per heavy atom. The Morgan fingerprint density at radius 3 is 1.00 bits per heavy atom. The second-order valence-corrected chi connectivity index (χ2v) is 4.09. The fraction of sp³-hybridized carbons (Fsp3) is 1.00. The molecule has 0 radical (unpaired) electrons. The summed E-state index contributed by atoms with van der Waals surface area (Å²) in [6.07, 6.45) is -4.76. The van der Waals surface area contributed by atoms with E-state index >= 15 is 0 Å². The highest BCUT2D eigenvalue weighted by atomic mass is 79.9. The maximum atomic E-state index is 9.05. The van der Waals surface area contributed by atoms with Gasteiger partial charge in [-0.25, -0.2) is 0 Å². The van der Waals surface area contributed by atoms with Gasteiger partial charge in [-0.15, -0.1) is 0 Å². The lowest BCUT2D eigenvalue weighted by Gasteiger charge is -2.24. The van der Waals surface area contributed by atoms with Crippen molar-refractivity contribution in [2.75, 3.05) is 0 Å². The van der Waals surface area contributed by atoms with Crippen LogP contribution in [0.15, 0.2) is 0 Å². The fourth-order valence-corrected chi connectivity index (χ4v) is 1.15. The lowest BCUT2D eigenvalue weighted by Crippen LogP contribution is -2.46. The molecule has 0 spiro atoms. The quantitative estimate of drug-likeness (QED) is 0.407. The van der Waals surface area contributed by atoms with Crippen molar-refractivity contribution in [3.05, 3.63) is 0 Å². The molecule has 0 amide bonds. The Kier molecular flexibility index (Phi) is 5.83. The topological polar surface area (TPSA) is 101 Å². The molecule has 0 aromatic heterocycles. The third kappa shape index (κ3) is 3.65. The van der Waals surface area contributed by atoms with Gasteiger partial charge in [0.2, 0.25) is 0 Å². The Bertz CT molecular complexity index is 117. The first-order valence-corrected chi connectivity index (χ1v) is 4.89. The SMILES string of the molecule is OC(Br)[C@@H](O)[C@H](O)[C@@H](O)C(O)Br. The largest absolute Gasteiger partial charge is 0.387 e. The number of aliphatic hydroxyl groups is 5. The standard InChI is InChI=1S/C5H10Br2O5/c6-4(11)2(9)1(8)3(10)5(7)12/h1-5,8-12H/t1-,2-,3+,4?,5?. The van der Waals surface area contributed by atoms with E-state index in [9.17, 15) is 0 Å². The third-order valence-corrected chi connectivity index (χ3v) is 2.35. The monoisotopic (exact) mass is 308 g/mol. The molecule has 0 aromatic carbocycles. The predicted molar refractivity (Wildman–Crippen MR) is 47.9 cm³/mol. The van der Waals surface area contributed by atoms with Crippen LogP contribution in [0.3, 0.4) is 0 Å². The van der Waals surface area contributed by atoms with Crippen LogP contribution in [-0.2, 0) is 0 Å². The summed E-state index contributed by atoms with van der Waals surface area (Å²) in [4.78, 5) is 0. The maximum absolute atomic E-state index is 9.05. The molecule has 12 heavy (non-hydrogen) atoms. The van der Waals surface area contributed by atoms with Gasteiger partial charge in [0.05, 0.1) is 0 Å². The summed E-state index contributed by atoms with van der Waals surface area (Å²) in [6.45, 7) is 0. The van der Waals surface area contributed by atoms with E-state index in [0.29, 0.717) is 0 Å². The number of rotatable bonds is 4. The van der Waals surface area contributed by atoms with Crippen LogP contribution in [0.4, 0.5) is 0 Å². The van der Waals surface area contributed by atoms with Gasteiger partial charge in [0.25, 0.3) is 0 Å². The van der Waals surface area contributed by atoms with Crippen molar-refractivity contribution < 1.29 is 25.5 Å². The van der Waals surface area contributed by atoms with Crippen molar-refractivity contribution in [1.29, 1.82) is 0 Å². The first-order valence-electron chi connectivity index (χ1n) is 3.06. The van der Waals surface area contributed by atoms with Crippen LogP contribution in [-0.4, -0.2) is 53.9 Å². The van der Waals surface area contributed by atoms with Gasteiger partial charge < -0.3 is 25.5 Å². The molecule has 0 rings (SSSR count). The van der Waals surface area contributed by atoms with Gasteiger partial charge in [-0.2, -0.15) is 0 Å². The number of aliphatic hydroxyl groups excluding tert-OH is 5. The Morgan fingerprint density at radius 2 is 0.833 bits per heavy atom. The van der Waals surface area contributed by atoms with Crippen molar-refractivity contribution in [3.63, 3.8) is 0 Å². The molecule has 0 aliphatic carbocycles. The van der Waals surface area contributed by atoms with Crippen molar-refractivity contribution in [2.45, 2.75) is 28.3 Å². The second kappa shape index (κ2) is 5.48. The molecule has 5 N–H and O–H groups in total. The van der Waals surface area contributed by atoms with Crippen LogP contribution in [0.1, 0.15) is 0 Å². The van der Waals surface area contributed by atoms with Gasteiger partial charge in [-0.3, -0.25) is 0 Å². The van der Waals surface area contributed by atoms with Gasteiger partial charge >= 0.3 is 0 Å². The summed E-state index contributed by atoms with van der Waals surface area (Å²) >= 11 is 5.19. The smallest absolute Gasteiger partial charge is 0.137 e.